The number of benzene rings is 2. The summed E-state index contributed by atoms with van der Waals surface area (Å²) in [5.74, 6) is 0.797. The molecule has 2 fully saturated rings. The predicted octanol–water partition coefficient (Wildman–Crippen LogP) is 4.39. The third-order valence-electron chi connectivity index (χ3n) is 7.48. The average Bonchev–Trinajstić information content (AvgIpc) is 2.96. The number of pyridine rings is 1. The number of carbonyl (C=O) groups excluding carboxylic acids is 1. The van der Waals surface area contributed by atoms with Crippen molar-refractivity contribution in [2.24, 2.45) is 0 Å². The summed E-state index contributed by atoms with van der Waals surface area (Å²) in [6, 6.07) is 23.8. The maximum atomic E-state index is 12.8. The molecule has 0 atom stereocenters. The Bertz CT molecular complexity index is 1210. The lowest BCUT2D eigenvalue weighted by Gasteiger charge is -2.32. The highest BCUT2D eigenvalue weighted by Crippen LogP contribution is 2.21. The number of amides is 1. The number of nitrogens with one attached hydrogen (secondary N) is 1. The van der Waals surface area contributed by atoms with Gasteiger partial charge in [0, 0.05) is 57.1 Å². The quantitative estimate of drug-likeness (QED) is 0.485. The highest BCUT2D eigenvalue weighted by atomic mass is 16.5. The lowest BCUT2D eigenvalue weighted by Crippen LogP contribution is -2.44. The lowest BCUT2D eigenvalue weighted by molar-refractivity contribution is 0.0907. The maximum Gasteiger partial charge on any atom is 0.251 e. The van der Waals surface area contributed by atoms with Crippen LogP contribution in [0.25, 0.3) is 0 Å². The summed E-state index contributed by atoms with van der Waals surface area (Å²) < 4.78 is 6.22. The van der Waals surface area contributed by atoms with E-state index in [1.165, 1.54) is 5.56 Å². The zero-order chi connectivity index (χ0) is 26.2. The van der Waals surface area contributed by atoms with E-state index >= 15 is 0 Å². The standard InChI is InChI=1S/C31H35N5O2/c32-21-24-4-6-25(7-5-24)22-35-19-14-30(15-20-35)38-29-10-8-26(9-11-29)31(37)34-27-12-17-36(18-13-27)23-28-3-1-2-16-33-28/h1-11,16,27,30H,12-15,17-20,22-23H2,(H,34,37). The van der Waals surface area contributed by atoms with Crippen LogP contribution >= 0.6 is 0 Å². The van der Waals surface area contributed by atoms with Crippen molar-refractivity contribution < 1.29 is 9.53 Å². The molecule has 0 spiro atoms. The van der Waals surface area contributed by atoms with E-state index in [2.05, 4.69) is 32.2 Å². The van der Waals surface area contributed by atoms with Crippen LogP contribution in [-0.2, 0) is 13.1 Å². The van der Waals surface area contributed by atoms with Gasteiger partial charge in [0.25, 0.3) is 5.91 Å². The fraction of sp³-hybridized carbons (Fsp3) is 0.387. The van der Waals surface area contributed by atoms with Crippen LogP contribution in [0.1, 0.15) is 52.9 Å². The van der Waals surface area contributed by atoms with Crippen molar-refractivity contribution in [1.82, 2.24) is 20.1 Å². The molecule has 5 rings (SSSR count). The molecule has 7 nitrogen and oxygen atoms in total. The Balaban J connectivity index is 1.02. The van der Waals surface area contributed by atoms with Crippen LogP contribution < -0.4 is 10.1 Å². The molecule has 3 heterocycles. The van der Waals surface area contributed by atoms with Crippen LogP contribution in [0, 0.1) is 11.3 Å². The summed E-state index contributed by atoms with van der Waals surface area (Å²) in [7, 11) is 0. The Labute approximate surface area is 225 Å². The summed E-state index contributed by atoms with van der Waals surface area (Å²) in [5.41, 5.74) is 3.69. The molecular weight excluding hydrogens is 474 g/mol. The van der Waals surface area contributed by atoms with Gasteiger partial charge in [0.15, 0.2) is 0 Å². The number of hydrogen-bond acceptors (Lipinski definition) is 6. The molecule has 1 aromatic heterocycles. The van der Waals surface area contributed by atoms with Crippen LogP contribution in [0.5, 0.6) is 5.75 Å². The fourth-order valence-electron chi connectivity index (χ4n) is 5.23. The molecule has 0 saturated carbocycles. The van der Waals surface area contributed by atoms with Crippen molar-refractivity contribution in [2.75, 3.05) is 26.2 Å². The van der Waals surface area contributed by atoms with Gasteiger partial charge in [-0.3, -0.25) is 19.6 Å². The zero-order valence-corrected chi connectivity index (χ0v) is 21.8. The number of piperidine rings is 2. The first-order valence-corrected chi connectivity index (χ1v) is 13.6. The highest BCUT2D eigenvalue weighted by Gasteiger charge is 2.23. The van der Waals surface area contributed by atoms with E-state index < -0.39 is 0 Å². The Hall–Kier alpha value is -3.73. The first-order valence-electron chi connectivity index (χ1n) is 13.6. The van der Waals surface area contributed by atoms with Gasteiger partial charge in [-0.1, -0.05) is 18.2 Å². The molecule has 2 aliphatic rings. The largest absolute Gasteiger partial charge is 0.490 e. The molecule has 2 aliphatic heterocycles. The number of nitrogens with zero attached hydrogens (tertiary/aromatic N) is 4. The van der Waals surface area contributed by atoms with Crippen LogP contribution in [0.4, 0.5) is 0 Å². The van der Waals surface area contributed by atoms with E-state index in [1.807, 2.05) is 66.9 Å². The normalized spacial score (nSPS) is 17.6. The van der Waals surface area contributed by atoms with Crippen molar-refractivity contribution >= 4 is 5.91 Å². The number of nitriles is 1. The van der Waals surface area contributed by atoms with Crippen molar-refractivity contribution in [3.63, 3.8) is 0 Å². The third kappa shape index (κ3) is 7.18. The Morgan fingerprint density at radius 2 is 1.58 bits per heavy atom. The third-order valence-corrected chi connectivity index (χ3v) is 7.48. The van der Waals surface area contributed by atoms with Crippen molar-refractivity contribution in [2.45, 2.75) is 50.9 Å². The topological polar surface area (TPSA) is 81.5 Å². The Kier molecular flexibility index (Phi) is 8.64. The maximum absolute atomic E-state index is 12.8. The van der Waals surface area contributed by atoms with E-state index in [0.29, 0.717) is 11.1 Å². The molecule has 1 amide bonds. The molecule has 2 aromatic carbocycles. The Morgan fingerprint density at radius 1 is 0.895 bits per heavy atom. The van der Waals surface area contributed by atoms with Crippen molar-refractivity contribution in [1.29, 1.82) is 5.26 Å². The first-order chi connectivity index (χ1) is 18.6. The summed E-state index contributed by atoms with van der Waals surface area (Å²) >= 11 is 0. The van der Waals surface area contributed by atoms with E-state index in [9.17, 15) is 4.79 Å². The molecule has 0 unspecified atom stereocenters. The van der Waals surface area contributed by atoms with Gasteiger partial charge in [-0.2, -0.15) is 5.26 Å². The van der Waals surface area contributed by atoms with Crippen LogP contribution in [0.15, 0.2) is 72.9 Å². The Morgan fingerprint density at radius 3 is 2.24 bits per heavy atom. The van der Waals surface area contributed by atoms with Gasteiger partial charge in [-0.05, 0) is 79.8 Å². The van der Waals surface area contributed by atoms with Gasteiger partial charge >= 0.3 is 0 Å². The molecule has 1 N–H and O–H groups in total. The van der Waals surface area contributed by atoms with Gasteiger partial charge in [0.05, 0.1) is 17.3 Å². The van der Waals surface area contributed by atoms with E-state index in [0.717, 1.165) is 76.4 Å². The zero-order valence-electron chi connectivity index (χ0n) is 21.8. The minimum atomic E-state index is -0.0177. The molecule has 0 radical (unpaired) electrons. The summed E-state index contributed by atoms with van der Waals surface area (Å²) in [4.78, 5) is 22.1. The number of ether oxygens (including phenoxy) is 1. The highest BCUT2D eigenvalue weighted by molar-refractivity contribution is 5.94. The second kappa shape index (κ2) is 12.7. The van der Waals surface area contributed by atoms with Gasteiger partial charge < -0.3 is 10.1 Å². The van der Waals surface area contributed by atoms with Crippen LogP contribution in [0.2, 0.25) is 0 Å². The average molecular weight is 510 g/mol. The number of carbonyl (C=O) groups is 1. The second-order valence-corrected chi connectivity index (χ2v) is 10.3. The predicted molar refractivity (Wildman–Crippen MR) is 147 cm³/mol. The molecular formula is C31H35N5O2. The number of hydrogen-bond donors (Lipinski definition) is 1. The number of aromatic nitrogens is 1. The molecule has 38 heavy (non-hydrogen) atoms. The van der Waals surface area contributed by atoms with Crippen LogP contribution in [0.3, 0.4) is 0 Å². The lowest BCUT2D eigenvalue weighted by atomic mass is 10.0. The molecule has 2 saturated heterocycles. The molecule has 196 valence electrons. The van der Waals surface area contributed by atoms with E-state index in [-0.39, 0.29) is 18.1 Å². The molecule has 0 bridgehead atoms. The minimum Gasteiger partial charge on any atom is -0.490 e. The van der Waals surface area contributed by atoms with Gasteiger partial charge in [-0.25, -0.2) is 0 Å². The van der Waals surface area contributed by atoms with Crippen molar-refractivity contribution in [3.8, 4) is 11.8 Å². The SMILES string of the molecule is N#Cc1ccc(CN2CCC(Oc3ccc(C(=O)NC4CCN(Cc5ccccn5)CC4)cc3)CC2)cc1. The van der Waals surface area contributed by atoms with Gasteiger partial charge in [-0.15, -0.1) is 0 Å². The number of rotatable bonds is 8. The van der Waals surface area contributed by atoms with Gasteiger partial charge in [0.1, 0.15) is 11.9 Å². The van der Waals surface area contributed by atoms with Gasteiger partial charge in [0.2, 0.25) is 0 Å². The van der Waals surface area contributed by atoms with Crippen LogP contribution in [-0.4, -0.2) is 59.0 Å². The summed E-state index contributed by atoms with van der Waals surface area (Å²) in [6.45, 7) is 5.63. The fourth-order valence-corrected chi connectivity index (χ4v) is 5.23. The number of likely N-dealkylation sites (tertiary alicyclic amines) is 2. The molecule has 3 aromatic rings. The monoisotopic (exact) mass is 509 g/mol. The molecule has 0 aliphatic carbocycles. The smallest absolute Gasteiger partial charge is 0.251 e. The second-order valence-electron chi connectivity index (χ2n) is 10.3. The molecule has 7 heteroatoms. The minimum absolute atomic E-state index is 0.0177. The van der Waals surface area contributed by atoms with E-state index in [4.69, 9.17) is 10.00 Å². The van der Waals surface area contributed by atoms with Crippen molar-refractivity contribution in [3.05, 3.63) is 95.3 Å². The first kappa shape index (κ1) is 25.9. The summed E-state index contributed by atoms with van der Waals surface area (Å²) in [6.07, 6.45) is 5.85. The summed E-state index contributed by atoms with van der Waals surface area (Å²) in [5, 5.41) is 12.2. The van der Waals surface area contributed by atoms with E-state index in [1.54, 1.807) is 0 Å².